The minimum Gasteiger partial charge on any atom is -0.295 e. The molecule has 2 nitrogen and oxygen atoms in total. The van der Waals surface area contributed by atoms with Crippen LogP contribution in [0.15, 0.2) is 36.5 Å². The van der Waals surface area contributed by atoms with Crippen LogP contribution in [0.2, 0.25) is 0 Å². The van der Waals surface area contributed by atoms with E-state index in [4.69, 9.17) is 0 Å². The van der Waals surface area contributed by atoms with E-state index in [0.29, 0.717) is 5.57 Å². The minimum atomic E-state index is -0.196. The Morgan fingerprint density at radius 2 is 1.67 bits per heavy atom. The second kappa shape index (κ2) is 4.44. The van der Waals surface area contributed by atoms with Crippen LogP contribution in [0.4, 0.5) is 0 Å². The third-order valence-corrected chi connectivity index (χ3v) is 1.41. The Bertz CT molecular complexity index is 270. The van der Waals surface area contributed by atoms with Gasteiger partial charge < -0.3 is 0 Å². The lowest BCUT2D eigenvalue weighted by molar-refractivity contribution is -0.116. The summed E-state index contributed by atoms with van der Waals surface area (Å²) in [5, 5.41) is 0. The van der Waals surface area contributed by atoms with Crippen molar-refractivity contribution < 1.29 is 9.59 Å². The van der Waals surface area contributed by atoms with Crippen LogP contribution in [-0.2, 0) is 9.59 Å². The van der Waals surface area contributed by atoms with Gasteiger partial charge in [0.05, 0.1) is 0 Å². The van der Waals surface area contributed by atoms with Gasteiger partial charge in [-0.3, -0.25) is 9.59 Å². The molecule has 0 spiro atoms. The summed E-state index contributed by atoms with van der Waals surface area (Å²) in [5.41, 5.74) is 0.569. The highest BCUT2D eigenvalue weighted by molar-refractivity contribution is 6.10. The first kappa shape index (κ1) is 10.6. The van der Waals surface area contributed by atoms with Crippen LogP contribution < -0.4 is 0 Å². The molecule has 0 heterocycles. The topological polar surface area (TPSA) is 34.1 Å². The highest BCUT2D eigenvalue weighted by atomic mass is 16.1. The van der Waals surface area contributed by atoms with Gasteiger partial charge >= 0.3 is 0 Å². The predicted octanol–water partition coefficient (Wildman–Crippen LogP) is 1.83. The van der Waals surface area contributed by atoms with E-state index in [1.807, 2.05) is 0 Å². The lowest BCUT2D eigenvalue weighted by Gasteiger charge is -2.01. The van der Waals surface area contributed by atoms with E-state index in [2.05, 4.69) is 13.2 Å². The van der Waals surface area contributed by atoms with Crippen molar-refractivity contribution in [2.45, 2.75) is 13.8 Å². The molecule has 12 heavy (non-hydrogen) atoms. The van der Waals surface area contributed by atoms with Crippen LogP contribution in [0.3, 0.4) is 0 Å². The fraction of sp³-hybridized carbons (Fsp3) is 0.200. The van der Waals surface area contributed by atoms with Gasteiger partial charge in [0.1, 0.15) is 0 Å². The molecule has 0 fully saturated rings. The second-order valence-electron chi connectivity index (χ2n) is 2.41. The van der Waals surface area contributed by atoms with Crippen molar-refractivity contribution in [2.24, 2.45) is 0 Å². The Morgan fingerprint density at radius 1 is 1.17 bits per heavy atom. The minimum absolute atomic E-state index is 0.171. The van der Waals surface area contributed by atoms with Crippen LogP contribution in [-0.4, -0.2) is 11.6 Å². The van der Waals surface area contributed by atoms with E-state index >= 15 is 0 Å². The molecule has 0 bridgehead atoms. The molecular formula is C10H12O2. The molecular weight excluding hydrogens is 152 g/mol. The largest absolute Gasteiger partial charge is 0.295 e. The van der Waals surface area contributed by atoms with Gasteiger partial charge in [-0.1, -0.05) is 25.3 Å². The van der Waals surface area contributed by atoms with E-state index in [1.54, 1.807) is 0 Å². The molecule has 0 rings (SSSR count). The van der Waals surface area contributed by atoms with Gasteiger partial charge in [0.2, 0.25) is 0 Å². The molecule has 64 valence electrons. The second-order valence-corrected chi connectivity index (χ2v) is 2.41. The van der Waals surface area contributed by atoms with Crippen molar-refractivity contribution >= 4 is 11.6 Å². The van der Waals surface area contributed by atoms with E-state index in [9.17, 15) is 9.59 Å². The number of hydrogen-bond donors (Lipinski definition) is 0. The van der Waals surface area contributed by atoms with Crippen molar-refractivity contribution in [3.63, 3.8) is 0 Å². The molecule has 0 radical (unpaired) electrons. The highest BCUT2D eigenvalue weighted by Gasteiger charge is 2.10. The molecule has 0 aliphatic heterocycles. The monoisotopic (exact) mass is 164 g/mol. The third kappa shape index (κ3) is 2.66. The van der Waals surface area contributed by atoms with Gasteiger partial charge in [0.15, 0.2) is 11.6 Å². The Kier molecular flexibility index (Phi) is 3.91. The first-order chi connectivity index (χ1) is 5.50. The van der Waals surface area contributed by atoms with Crippen LogP contribution >= 0.6 is 0 Å². The number of hydrogen-bond acceptors (Lipinski definition) is 2. The molecule has 0 unspecified atom stereocenters. The molecule has 0 saturated heterocycles. The van der Waals surface area contributed by atoms with Gasteiger partial charge in [0, 0.05) is 11.1 Å². The molecule has 0 atom stereocenters. The quantitative estimate of drug-likeness (QED) is 0.469. The zero-order chi connectivity index (χ0) is 9.72. The van der Waals surface area contributed by atoms with Gasteiger partial charge in [-0.2, -0.15) is 0 Å². The first-order valence-corrected chi connectivity index (χ1v) is 3.54. The number of allylic oxidation sites excluding steroid dienone is 4. The average Bonchev–Trinajstić information content (AvgIpc) is 1.98. The first-order valence-electron chi connectivity index (χ1n) is 3.54. The van der Waals surface area contributed by atoms with Crippen LogP contribution in [0, 0.1) is 0 Å². The summed E-state index contributed by atoms with van der Waals surface area (Å²) in [6.45, 7) is 9.72. The van der Waals surface area contributed by atoms with Crippen molar-refractivity contribution in [2.75, 3.05) is 0 Å². The summed E-state index contributed by atoms with van der Waals surface area (Å²) >= 11 is 0. The Labute approximate surface area is 72.3 Å². The average molecular weight is 164 g/mol. The number of Topliss-reactive ketones (excluding diaryl/α,β-unsaturated/α-hetero) is 2. The molecule has 0 N–H and O–H groups in total. The molecule has 0 aromatic rings. The van der Waals surface area contributed by atoms with Gasteiger partial charge in [-0.25, -0.2) is 0 Å². The van der Waals surface area contributed by atoms with Crippen molar-refractivity contribution in [1.82, 2.24) is 0 Å². The summed E-state index contributed by atoms with van der Waals surface area (Å²) in [5.74, 6) is -0.367. The molecule has 0 saturated carbocycles. The molecule has 0 aliphatic rings. The maximum atomic E-state index is 11.0. The highest BCUT2D eigenvalue weighted by Crippen LogP contribution is 2.09. The summed E-state index contributed by atoms with van der Waals surface area (Å²) in [6, 6.07) is 0. The maximum absolute atomic E-state index is 11.0. The summed E-state index contributed by atoms with van der Waals surface area (Å²) in [4.78, 5) is 21.8. The Morgan fingerprint density at radius 3 is 1.92 bits per heavy atom. The Balaban J connectivity index is 4.89. The van der Waals surface area contributed by atoms with Crippen molar-refractivity contribution in [3.8, 4) is 0 Å². The summed E-state index contributed by atoms with van der Waals surface area (Å²) < 4.78 is 0. The number of carbonyl (C=O) groups excluding carboxylic acids is 2. The van der Waals surface area contributed by atoms with Crippen molar-refractivity contribution in [1.29, 1.82) is 0 Å². The fourth-order valence-electron chi connectivity index (χ4n) is 0.738. The molecule has 2 heteroatoms. The normalized spacial score (nSPS) is 10.7. The SMILES string of the molecule is C=C/C=C(\C(=C)C(C)=O)C(C)=O. The van der Waals surface area contributed by atoms with E-state index in [1.165, 1.54) is 26.0 Å². The molecule has 0 aliphatic carbocycles. The zero-order valence-corrected chi connectivity index (χ0v) is 7.39. The zero-order valence-electron chi connectivity index (χ0n) is 7.39. The third-order valence-electron chi connectivity index (χ3n) is 1.41. The Hall–Kier alpha value is -1.44. The van der Waals surface area contributed by atoms with Crippen molar-refractivity contribution in [3.05, 3.63) is 36.5 Å². The van der Waals surface area contributed by atoms with Crippen LogP contribution in [0.1, 0.15) is 13.8 Å². The standard InChI is InChI=1S/C10H12O2/c1-5-6-10(9(4)12)7(2)8(3)11/h5-6H,1-2H2,3-4H3/b10-6+. The number of rotatable bonds is 4. The summed E-state index contributed by atoms with van der Waals surface area (Å²) in [7, 11) is 0. The van der Waals surface area contributed by atoms with Crippen LogP contribution in [0.25, 0.3) is 0 Å². The van der Waals surface area contributed by atoms with E-state index in [0.717, 1.165) is 0 Å². The van der Waals surface area contributed by atoms with Gasteiger partial charge in [-0.15, -0.1) is 0 Å². The summed E-state index contributed by atoms with van der Waals surface area (Å²) in [6.07, 6.45) is 2.96. The maximum Gasteiger partial charge on any atom is 0.160 e. The molecule has 0 aromatic carbocycles. The lowest BCUT2D eigenvalue weighted by atomic mass is 10.0. The van der Waals surface area contributed by atoms with Gasteiger partial charge in [0.25, 0.3) is 0 Å². The van der Waals surface area contributed by atoms with Crippen LogP contribution in [0.5, 0.6) is 0 Å². The van der Waals surface area contributed by atoms with E-state index in [-0.39, 0.29) is 17.1 Å². The van der Waals surface area contributed by atoms with E-state index < -0.39 is 0 Å². The predicted molar refractivity (Wildman–Crippen MR) is 48.8 cm³/mol. The lowest BCUT2D eigenvalue weighted by Crippen LogP contribution is -2.05. The molecule has 0 amide bonds. The number of carbonyl (C=O) groups is 2. The number of ketones is 2. The smallest absolute Gasteiger partial charge is 0.160 e. The molecule has 0 aromatic heterocycles. The fourth-order valence-corrected chi connectivity index (χ4v) is 0.738. The van der Waals surface area contributed by atoms with Gasteiger partial charge in [-0.05, 0) is 13.8 Å².